The maximum atomic E-state index is 6.12. The number of halogens is 3. The molecule has 0 saturated heterocycles. The summed E-state index contributed by atoms with van der Waals surface area (Å²) in [6.07, 6.45) is 3.21. The van der Waals surface area contributed by atoms with Crippen molar-refractivity contribution >= 4 is 34.8 Å². The van der Waals surface area contributed by atoms with Crippen LogP contribution in [-0.4, -0.2) is 5.38 Å². The van der Waals surface area contributed by atoms with Gasteiger partial charge in [0.05, 0.1) is 0 Å². The zero-order valence-corrected chi connectivity index (χ0v) is 9.91. The predicted octanol–water partition coefficient (Wildman–Crippen LogP) is 4.87. The highest BCUT2D eigenvalue weighted by molar-refractivity contribution is 6.33. The van der Waals surface area contributed by atoms with E-state index in [-0.39, 0.29) is 0 Å². The lowest BCUT2D eigenvalue weighted by Gasteiger charge is -2.11. The number of benzene rings is 1. The van der Waals surface area contributed by atoms with Crippen LogP contribution in [0, 0.1) is 0 Å². The van der Waals surface area contributed by atoms with Crippen LogP contribution < -0.4 is 0 Å². The first-order chi connectivity index (χ1) is 6.66. The molecule has 0 N–H and O–H groups in total. The lowest BCUT2D eigenvalue weighted by molar-refractivity contribution is 0.724. The molecule has 1 aromatic rings. The van der Waals surface area contributed by atoms with Crippen LogP contribution in [0.5, 0.6) is 0 Å². The van der Waals surface area contributed by atoms with Gasteiger partial charge in [0.2, 0.25) is 0 Å². The van der Waals surface area contributed by atoms with E-state index in [0.717, 1.165) is 34.9 Å². The van der Waals surface area contributed by atoms with Gasteiger partial charge in [-0.2, -0.15) is 0 Å². The summed E-state index contributed by atoms with van der Waals surface area (Å²) in [7, 11) is 0. The van der Waals surface area contributed by atoms with Crippen LogP contribution in [0.4, 0.5) is 0 Å². The Morgan fingerprint density at radius 3 is 2.57 bits per heavy atom. The van der Waals surface area contributed by atoms with E-state index in [4.69, 9.17) is 34.8 Å². The summed E-state index contributed by atoms with van der Waals surface area (Å²) in [4.78, 5) is 0. The molecule has 3 heteroatoms. The lowest BCUT2D eigenvalue weighted by atomic mass is 9.98. The molecule has 1 aliphatic carbocycles. The fraction of sp³-hybridized carbons (Fsp3) is 0.455. The van der Waals surface area contributed by atoms with Gasteiger partial charge in [-0.05, 0) is 48.9 Å². The second kappa shape index (κ2) is 4.30. The maximum absolute atomic E-state index is 6.12. The molecule has 0 aromatic heterocycles. The number of alkyl halides is 1. The van der Waals surface area contributed by atoms with Crippen molar-refractivity contribution in [2.24, 2.45) is 0 Å². The van der Waals surface area contributed by atoms with Crippen LogP contribution in [0.2, 0.25) is 10.0 Å². The first kappa shape index (κ1) is 10.6. The fourth-order valence-electron chi connectivity index (χ4n) is 2.04. The summed E-state index contributed by atoms with van der Waals surface area (Å²) in [6.45, 7) is 0. The Hall–Kier alpha value is 0.0900. The highest BCUT2D eigenvalue weighted by Gasteiger charge is 2.25. The average molecular weight is 250 g/mol. The minimum absolute atomic E-state index is 0.301. The van der Waals surface area contributed by atoms with E-state index in [2.05, 4.69) is 0 Å². The van der Waals surface area contributed by atoms with Crippen LogP contribution in [0.15, 0.2) is 18.2 Å². The molecule has 2 unspecified atom stereocenters. The van der Waals surface area contributed by atoms with Crippen molar-refractivity contribution in [3.8, 4) is 0 Å². The van der Waals surface area contributed by atoms with Crippen LogP contribution in [0.1, 0.15) is 30.7 Å². The molecule has 0 heterocycles. The quantitative estimate of drug-likeness (QED) is 0.623. The molecule has 0 bridgehead atoms. The molecular weight excluding hydrogens is 238 g/mol. The van der Waals surface area contributed by atoms with E-state index in [1.165, 1.54) is 0 Å². The van der Waals surface area contributed by atoms with Gasteiger partial charge >= 0.3 is 0 Å². The Morgan fingerprint density at radius 1 is 1.14 bits per heavy atom. The van der Waals surface area contributed by atoms with E-state index in [9.17, 15) is 0 Å². The molecule has 0 amide bonds. The van der Waals surface area contributed by atoms with Gasteiger partial charge in [-0.15, -0.1) is 11.6 Å². The van der Waals surface area contributed by atoms with Crippen molar-refractivity contribution in [2.75, 3.05) is 0 Å². The largest absolute Gasteiger partial charge is 0.123 e. The molecule has 0 aliphatic heterocycles. The number of hydrogen-bond acceptors (Lipinski definition) is 0. The van der Waals surface area contributed by atoms with E-state index in [1.54, 1.807) is 0 Å². The molecule has 14 heavy (non-hydrogen) atoms. The molecule has 2 rings (SSSR count). The van der Waals surface area contributed by atoms with Gasteiger partial charge in [0, 0.05) is 15.4 Å². The van der Waals surface area contributed by atoms with E-state index in [0.29, 0.717) is 11.3 Å². The summed E-state index contributed by atoms with van der Waals surface area (Å²) in [5.74, 6) is 0.490. The highest BCUT2D eigenvalue weighted by Crippen LogP contribution is 2.40. The summed E-state index contributed by atoms with van der Waals surface area (Å²) in [5, 5.41) is 1.86. The number of hydrogen-bond donors (Lipinski definition) is 0. The molecule has 1 aliphatic rings. The second-order valence-corrected chi connectivity index (χ2v) is 5.23. The van der Waals surface area contributed by atoms with Gasteiger partial charge in [0.15, 0.2) is 0 Å². The van der Waals surface area contributed by atoms with Crippen LogP contribution in [0.25, 0.3) is 0 Å². The Kier molecular flexibility index (Phi) is 3.26. The second-order valence-electron chi connectivity index (χ2n) is 3.77. The van der Waals surface area contributed by atoms with Crippen molar-refractivity contribution < 1.29 is 0 Å². The van der Waals surface area contributed by atoms with Crippen LogP contribution in [0.3, 0.4) is 0 Å². The Labute approximate surface area is 99.2 Å². The Morgan fingerprint density at radius 2 is 1.93 bits per heavy atom. The molecule has 0 spiro atoms. The molecule has 76 valence electrons. The predicted molar refractivity (Wildman–Crippen MR) is 62.7 cm³/mol. The topological polar surface area (TPSA) is 0 Å². The lowest BCUT2D eigenvalue weighted by Crippen LogP contribution is -1.95. The van der Waals surface area contributed by atoms with Gasteiger partial charge in [0.25, 0.3) is 0 Å². The van der Waals surface area contributed by atoms with Crippen molar-refractivity contribution in [1.29, 1.82) is 0 Å². The van der Waals surface area contributed by atoms with E-state index in [1.807, 2.05) is 18.2 Å². The van der Waals surface area contributed by atoms with Crippen molar-refractivity contribution in [3.63, 3.8) is 0 Å². The third-order valence-electron chi connectivity index (χ3n) is 2.77. The minimum Gasteiger partial charge on any atom is -0.123 e. The van der Waals surface area contributed by atoms with Gasteiger partial charge in [-0.1, -0.05) is 23.2 Å². The minimum atomic E-state index is 0.301. The molecule has 1 fully saturated rings. The molecule has 0 nitrogen and oxygen atoms in total. The summed E-state index contributed by atoms with van der Waals surface area (Å²) in [6, 6.07) is 5.64. The van der Waals surface area contributed by atoms with Crippen molar-refractivity contribution in [1.82, 2.24) is 0 Å². The van der Waals surface area contributed by atoms with E-state index < -0.39 is 0 Å². The third kappa shape index (κ3) is 2.18. The molecule has 1 saturated carbocycles. The average Bonchev–Trinajstić information content (AvgIpc) is 2.56. The smallest absolute Gasteiger partial charge is 0.0441 e. The third-order valence-corrected chi connectivity index (χ3v) is 3.74. The van der Waals surface area contributed by atoms with E-state index >= 15 is 0 Å². The molecule has 1 aromatic carbocycles. The van der Waals surface area contributed by atoms with Crippen LogP contribution in [-0.2, 0) is 0 Å². The summed E-state index contributed by atoms with van der Waals surface area (Å²) < 4.78 is 0. The van der Waals surface area contributed by atoms with Gasteiger partial charge < -0.3 is 0 Å². The normalized spacial score (nSPS) is 26.8. The zero-order chi connectivity index (χ0) is 10.1. The summed E-state index contributed by atoms with van der Waals surface area (Å²) >= 11 is 18.1. The zero-order valence-electron chi connectivity index (χ0n) is 7.64. The highest BCUT2D eigenvalue weighted by atomic mass is 35.5. The van der Waals surface area contributed by atoms with Gasteiger partial charge in [-0.25, -0.2) is 0 Å². The number of rotatable bonds is 1. The van der Waals surface area contributed by atoms with Crippen molar-refractivity contribution in [3.05, 3.63) is 33.8 Å². The van der Waals surface area contributed by atoms with Gasteiger partial charge in [-0.3, -0.25) is 0 Å². The Bertz CT molecular complexity index is 335. The standard InChI is InChI=1S/C11H11Cl3/c12-8-2-1-7(5-8)10-6-9(13)3-4-11(10)14/h3-4,6-8H,1-2,5H2. The first-order valence-corrected chi connectivity index (χ1v) is 5.95. The molecule has 0 radical (unpaired) electrons. The summed E-state index contributed by atoms with van der Waals surface area (Å²) in [5.41, 5.74) is 1.15. The maximum Gasteiger partial charge on any atom is 0.0441 e. The Balaban J connectivity index is 2.27. The monoisotopic (exact) mass is 248 g/mol. The van der Waals surface area contributed by atoms with Gasteiger partial charge in [0.1, 0.15) is 0 Å². The first-order valence-electron chi connectivity index (χ1n) is 4.76. The van der Waals surface area contributed by atoms with Crippen LogP contribution >= 0.6 is 34.8 Å². The fourth-order valence-corrected chi connectivity index (χ4v) is 2.83. The SMILES string of the molecule is Clc1ccc(Cl)c(C2CCC(Cl)C2)c1. The van der Waals surface area contributed by atoms with Crippen molar-refractivity contribution in [2.45, 2.75) is 30.6 Å². The molecule has 2 atom stereocenters. The molecular formula is C11H11Cl3.